The van der Waals surface area contributed by atoms with Gasteiger partial charge in [-0.2, -0.15) is 0 Å². The number of carbonyl (C=O) groups excluding carboxylic acids is 1. The smallest absolute Gasteiger partial charge is 0.291 e. The summed E-state index contributed by atoms with van der Waals surface area (Å²) in [4.78, 5) is 12.3. The SMILES string of the molecule is Cc1ccc(N)c(NC(=O)c2cc3ccccc3o2)c1C. The van der Waals surface area contributed by atoms with Gasteiger partial charge in [0.05, 0.1) is 11.4 Å². The quantitative estimate of drug-likeness (QED) is 0.700. The summed E-state index contributed by atoms with van der Waals surface area (Å²) in [6.07, 6.45) is 0. The zero-order valence-electron chi connectivity index (χ0n) is 11.9. The van der Waals surface area contributed by atoms with Crippen molar-refractivity contribution in [2.75, 3.05) is 11.1 Å². The molecular formula is C17H16N2O2. The van der Waals surface area contributed by atoms with Crippen LogP contribution in [0.3, 0.4) is 0 Å². The molecule has 1 aromatic heterocycles. The van der Waals surface area contributed by atoms with Crippen LogP contribution in [0, 0.1) is 13.8 Å². The molecule has 3 rings (SSSR count). The highest BCUT2D eigenvalue weighted by atomic mass is 16.3. The highest BCUT2D eigenvalue weighted by Crippen LogP contribution is 2.27. The van der Waals surface area contributed by atoms with E-state index >= 15 is 0 Å². The van der Waals surface area contributed by atoms with Gasteiger partial charge in [0.1, 0.15) is 5.58 Å². The first-order valence-electron chi connectivity index (χ1n) is 6.72. The lowest BCUT2D eigenvalue weighted by Gasteiger charge is -2.12. The Balaban J connectivity index is 1.95. The second-order valence-electron chi connectivity index (χ2n) is 5.07. The second kappa shape index (κ2) is 4.98. The van der Waals surface area contributed by atoms with E-state index in [4.69, 9.17) is 10.2 Å². The number of hydrogen-bond acceptors (Lipinski definition) is 3. The summed E-state index contributed by atoms with van der Waals surface area (Å²) in [7, 11) is 0. The van der Waals surface area contributed by atoms with Gasteiger partial charge in [0.2, 0.25) is 0 Å². The summed E-state index contributed by atoms with van der Waals surface area (Å²) >= 11 is 0. The summed E-state index contributed by atoms with van der Waals surface area (Å²) in [5.41, 5.74) is 9.85. The number of carbonyl (C=O) groups is 1. The van der Waals surface area contributed by atoms with E-state index in [9.17, 15) is 4.79 Å². The Morgan fingerprint density at radius 1 is 1.14 bits per heavy atom. The van der Waals surface area contributed by atoms with Gasteiger partial charge in [0, 0.05) is 5.39 Å². The molecular weight excluding hydrogens is 264 g/mol. The van der Waals surface area contributed by atoms with Gasteiger partial charge in [-0.25, -0.2) is 0 Å². The average Bonchev–Trinajstić information content (AvgIpc) is 2.91. The fourth-order valence-electron chi connectivity index (χ4n) is 2.27. The Labute approximate surface area is 122 Å². The third kappa shape index (κ3) is 2.36. The number of amides is 1. The second-order valence-corrected chi connectivity index (χ2v) is 5.07. The first-order chi connectivity index (χ1) is 10.1. The maximum absolute atomic E-state index is 12.3. The Hall–Kier alpha value is -2.75. The van der Waals surface area contributed by atoms with Gasteiger partial charge >= 0.3 is 0 Å². The average molecular weight is 280 g/mol. The summed E-state index contributed by atoms with van der Waals surface area (Å²) in [6, 6.07) is 13.0. The zero-order valence-corrected chi connectivity index (χ0v) is 11.9. The highest BCUT2D eigenvalue weighted by molar-refractivity contribution is 6.06. The third-order valence-corrected chi connectivity index (χ3v) is 3.66. The molecule has 0 bridgehead atoms. The van der Waals surface area contributed by atoms with Crippen molar-refractivity contribution in [1.82, 2.24) is 0 Å². The summed E-state index contributed by atoms with van der Waals surface area (Å²) in [5.74, 6) is -0.0249. The van der Waals surface area contributed by atoms with Crippen LogP contribution in [0.2, 0.25) is 0 Å². The molecule has 3 aromatic rings. The number of anilines is 2. The molecule has 2 aromatic carbocycles. The van der Waals surface area contributed by atoms with E-state index in [0.717, 1.165) is 16.5 Å². The van der Waals surface area contributed by atoms with E-state index in [2.05, 4.69) is 5.32 Å². The number of para-hydroxylation sites is 1. The molecule has 0 atom stereocenters. The van der Waals surface area contributed by atoms with Crippen LogP contribution in [0.4, 0.5) is 11.4 Å². The molecule has 21 heavy (non-hydrogen) atoms. The van der Waals surface area contributed by atoms with Crippen molar-refractivity contribution in [3.05, 3.63) is 59.4 Å². The largest absolute Gasteiger partial charge is 0.451 e. The molecule has 0 saturated heterocycles. The Kier molecular flexibility index (Phi) is 3.14. The number of furan rings is 1. The lowest BCUT2D eigenvalue weighted by Crippen LogP contribution is -2.13. The van der Waals surface area contributed by atoms with E-state index in [1.165, 1.54) is 0 Å². The molecule has 3 N–H and O–H groups in total. The first kappa shape index (κ1) is 13.2. The van der Waals surface area contributed by atoms with Crippen LogP contribution >= 0.6 is 0 Å². The molecule has 106 valence electrons. The van der Waals surface area contributed by atoms with Crippen LogP contribution in [-0.2, 0) is 0 Å². The first-order valence-corrected chi connectivity index (χ1v) is 6.72. The van der Waals surface area contributed by atoms with Gasteiger partial charge in [-0.1, -0.05) is 24.3 Å². The lowest BCUT2D eigenvalue weighted by atomic mass is 10.1. The number of nitrogens with two attached hydrogens (primary N) is 1. The van der Waals surface area contributed by atoms with Crippen molar-refractivity contribution >= 4 is 28.3 Å². The monoisotopic (exact) mass is 280 g/mol. The molecule has 0 spiro atoms. The fraction of sp³-hybridized carbons (Fsp3) is 0.118. The predicted molar refractivity (Wildman–Crippen MR) is 84.5 cm³/mol. The minimum Gasteiger partial charge on any atom is -0.451 e. The van der Waals surface area contributed by atoms with Crippen LogP contribution in [0.5, 0.6) is 0 Å². The molecule has 0 aliphatic carbocycles. The van der Waals surface area contributed by atoms with E-state index in [-0.39, 0.29) is 11.7 Å². The molecule has 0 unspecified atom stereocenters. The minimum atomic E-state index is -0.299. The van der Waals surface area contributed by atoms with Crippen LogP contribution in [0.25, 0.3) is 11.0 Å². The van der Waals surface area contributed by atoms with Gasteiger partial charge in [0.15, 0.2) is 5.76 Å². The molecule has 0 radical (unpaired) electrons. The number of nitrogen functional groups attached to an aromatic ring is 1. The van der Waals surface area contributed by atoms with Gasteiger partial charge in [0.25, 0.3) is 5.91 Å². The summed E-state index contributed by atoms with van der Waals surface area (Å²) in [6.45, 7) is 3.91. The van der Waals surface area contributed by atoms with Gasteiger partial charge < -0.3 is 15.5 Å². The Morgan fingerprint density at radius 2 is 1.90 bits per heavy atom. The molecule has 1 heterocycles. The third-order valence-electron chi connectivity index (χ3n) is 3.66. The standard InChI is InChI=1S/C17H16N2O2/c1-10-7-8-13(18)16(11(10)2)19-17(20)15-9-12-5-3-4-6-14(12)21-15/h3-9H,18H2,1-2H3,(H,19,20). The van der Waals surface area contributed by atoms with E-state index in [1.807, 2.05) is 44.2 Å². The van der Waals surface area contributed by atoms with E-state index in [0.29, 0.717) is 17.0 Å². The number of rotatable bonds is 2. The zero-order chi connectivity index (χ0) is 15.0. The van der Waals surface area contributed by atoms with Gasteiger partial charge in [-0.15, -0.1) is 0 Å². The van der Waals surface area contributed by atoms with E-state index in [1.54, 1.807) is 12.1 Å². The lowest BCUT2D eigenvalue weighted by molar-refractivity contribution is 0.0998. The number of hydrogen-bond donors (Lipinski definition) is 2. The maximum Gasteiger partial charge on any atom is 0.291 e. The number of fused-ring (bicyclic) bond motifs is 1. The van der Waals surface area contributed by atoms with Gasteiger partial charge in [-0.3, -0.25) is 4.79 Å². The van der Waals surface area contributed by atoms with Crippen LogP contribution in [-0.4, -0.2) is 5.91 Å². The van der Waals surface area contributed by atoms with Crippen LogP contribution in [0.1, 0.15) is 21.7 Å². The highest BCUT2D eigenvalue weighted by Gasteiger charge is 2.15. The summed E-state index contributed by atoms with van der Waals surface area (Å²) in [5, 5.41) is 3.74. The van der Waals surface area contributed by atoms with Crippen molar-refractivity contribution in [2.45, 2.75) is 13.8 Å². The molecule has 4 heteroatoms. The van der Waals surface area contributed by atoms with Crippen molar-refractivity contribution in [3.8, 4) is 0 Å². The van der Waals surface area contributed by atoms with Crippen LogP contribution < -0.4 is 11.1 Å². The molecule has 0 saturated carbocycles. The van der Waals surface area contributed by atoms with Crippen molar-refractivity contribution in [1.29, 1.82) is 0 Å². The van der Waals surface area contributed by atoms with Crippen molar-refractivity contribution in [2.24, 2.45) is 0 Å². The van der Waals surface area contributed by atoms with Crippen LogP contribution in [0.15, 0.2) is 46.9 Å². The normalized spacial score (nSPS) is 10.8. The molecule has 4 nitrogen and oxygen atoms in total. The molecule has 0 aliphatic rings. The summed E-state index contributed by atoms with van der Waals surface area (Å²) < 4.78 is 5.56. The number of nitrogens with one attached hydrogen (secondary N) is 1. The molecule has 0 fully saturated rings. The maximum atomic E-state index is 12.3. The Bertz CT molecular complexity index is 801. The topological polar surface area (TPSA) is 68.3 Å². The van der Waals surface area contributed by atoms with Crippen molar-refractivity contribution in [3.63, 3.8) is 0 Å². The van der Waals surface area contributed by atoms with Gasteiger partial charge in [-0.05, 0) is 43.2 Å². The Morgan fingerprint density at radius 3 is 2.67 bits per heavy atom. The molecule has 0 aliphatic heterocycles. The minimum absolute atomic E-state index is 0.275. The molecule has 1 amide bonds. The van der Waals surface area contributed by atoms with E-state index < -0.39 is 0 Å². The predicted octanol–water partition coefficient (Wildman–Crippen LogP) is 3.88. The van der Waals surface area contributed by atoms with Crippen molar-refractivity contribution < 1.29 is 9.21 Å². The number of aryl methyl sites for hydroxylation is 1. The fourth-order valence-corrected chi connectivity index (χ4v) is 2.27. The number of benzene rings is 2.